The summed E-state index contributed by atoms with van der Waals surface area (Å²) >= 11 is 0. The maximum atomic E-state index is 12.6. The van der Waals surface area contributed by atoms with Crippen LogP contribution in [0.25, 0.3) is 0 Å². The Bertz CT molecular complexity index is 1020. The number of rotatable bonds is 10. The van der Waals surface area contributed by atoms with E-state index in [1.54, 1.807) is 12.1 Å². The number of hydrogen-bond donors (Lipinski definition) is 2. The number of nitrogens with one attached hydrogen (secondary N) is 2. The second kappa shape index (κ2) is 11.5. The molecule has 0 spiro atoms. The third kappa shape index (κ3) is 6.96. The van der Waals surface area contributed by atoms with E-state index in [1.807, 2.05) is 32.0 Å². The fraction of sp³-hybridized carbons (Fsp3) is 0.364. The van der Waals surface area contributed by atoms with Crippen LogP contribution >= 0.6 is 0 Å². The lowest BCUT2D eigenvalue weighted by Gasteiger charge is -2.17. The van der Waals surface area contributed by atoms with Gasteiger partial charge < -0.3 is 9.47 Å². The second-order valence-corrected chi connectivity index (χ2v) is 9.26. The van der Waals surface area contributed by atoms with Gasteiger partial charge in [-0.2, -0.15) is 0 Å². The van der Waals surface area contributed by atoms with Crippen LogP contribution in [-0.4, -0.2) is 51.8 Å². The lowest BCUT2D eigenvalue weighted by atomic mass is 10.1. The lowest BCUT2D eigenvalue weighted by molar-refractivity contribution is -0.130. The molecule has 0 bridgehead atoms. The third-order valence-corrected chi connectivity index (χ3v) is 6.61. The van der Waals surface area contributed by atoms with E-state index >= 15 is 0 Å². The van der Waals surface area contributed by atoms with Crippen molar-refractivity contribution in [2.75, 3.05) is 27.3 Å². The van der Waals surface area contributed by atoms with Gasteiger partial charge in [0.2, 0.25) is 15.9 Å². The summed E-state index contributed by atoms with van der Waals surface area (Å²) in [6, 6.07) is 11.7. The van der Waals surface area contributed by atoms with Crippen molar-refractivity contribution in [2.24, 2.45) is 0 Å². The van der Waals surface area contributed by atoms with E-state index in [2.05, 4.69) is 10.9 Å². The number of amides is 2. The molecule has 2 amide bonds. The molecule has 9 nitrogen and oxygen atoms in total. The zero-order valence-corrected chi connectivity index (χ0v) is 19.5. The van der Waals surface area contributed by atoms with E-state index in [1.165, 1.54) is 30.6 Å². The highest BCUT2D eigenvalue weighted by Gasteiger charge is 2.20. The number of para-hydroxylation sites is 1. The molecular weight excluding hydrogens is 434 g/mol. The van der Waals surface area contributed by atoms with Crippen LogP contribution in [0.3, 0.4) is 0 Å². The van der Waals surface area contributed by atoms with Crippen molar-refractivity contribution in [3.63, 3.8) is 0 Å². The van der Waals surface area contributed by atoms with E-state index in [4.69, 9.17) is 9.47 Å². The van der Waals surface area contributed by atoms with Gasteiger partial charge in [0.25, 0.3) is 5.91 Å². The van der Waals surface area contributed by atoms with Crippen molar-refractivity contribution >= 4 is 21.8 Å². The van der Waals surface area contributed by atoms with Gasteiger partial charge in [-0.15, -0.1) is 0 Å². The molecule has 2 N–H and O–H groups in total. The molecule has 0 aliphatic carbocycles. The van der Waals surface area contributed by atoms with Gasteiger partial charge >= 0.3 is 0 Å². The zero-order chi connectivity index (χ0) is 23.7. The van der Waals surface area contributed by atoms with Crippen molar-refractivity contribution in [1.29, 1.82) is 0 Å². The minimum Gasteiger partial charge on any atom is -0.497 e. The van der Waals surface area contributed by atoms with Crippen LogP contribution in [0.2, 0.25) is 0 Å². The van der Waals surface area contributed by atoms with Crippen LogP contribution in [0.15, 0.2) is 47.4 Å². The van der Waals surface area contributed by atoms with E-state index in [-0.39, 0.29) is 30.9 Å². The Morgan fingerprint density at radius 3 is 2.16 bits per heavy atom. The number of carbonyl (C=O) groups excluding carboxylic acids is 2. The zero-order valence-electron chi connectivity index (χ0n) is 18.7. The fourth-order valence-electron chi connectivity index (χ4n) is 2.91. The van der Waals surface area contributed by atoms with Crippen molar-refractivity contribution in [2.45, 2.75) is 31.6 Å². The summed E-state index contributed by atoms with van der Waals surface area (Å²) in [4.78, 5) is 24.0. The Hall–Kier alpha value is -3.11. The fourth-order valence-corrected chi connectivity index (χ4v) is 4.12. The molecule has 0 aromatic heterocycles. The molecule has 0 radical (unpaired) electrons. The minimum atomic E-state index is -3.67. The van der Waals surface area contributed by atoms with Gasteiger partial charge in [0, 0.05) is 20.0 Å². The smallest absolute Gasteiger partial charge is 0.276 e. The van der Waals surface area contributed by atoms with Gasteiger partial charge in [-0.3, -0.25) is 20.4 Å². The highest BCUT2D eigenvalue weighted by atomic mass is 32.2. The predicted molar refractivity (Wildman–Crippen MR) is 120 cm³/mol. The van der Waals surface area contributed by atoms with Gasteiger partial charge in [-0.1, -0.05) is 18.2 Å². The number of benzene rings is 2. The standard InChI is InChI=1S/C22H29N3O6S/c1-16-7-5-8-17(2)22(16)31-15-21(27)24-23-20(26)9-6-14-25(3)32(28,29)19-12-10-18(30-4)11-13-19/h5,7-8,10-13H,6,9,14-15H2,1-4H3,(H,23,26)(H,24,27). The van der Waals surface area contributed by atoms with E-state index in [0.717, 1.165) is 11.1 Å². The van der Waals surface area contributed by atoms with Crippen LogP contribution in [0.1, 0.15) is 24.0 Å². The number of ether oxygens (including phenoxy) is 2. The Morgan fingerprint density at radius 2 is 1.56 bits per heavy atom. The summed E-state index contributed by atoms with van der Waals surface area (Å²) in [5.74, 6) is 0.265. The first-order chi connectivity index (χ1) is 15.1. The highest BCUT2D eigenvalue weighted by Crippen LogP contribution is 2.22. The quantitative estimate of drug-likeness (QED) is 0.521. The molecule has 0 saturated heterocycles. The SMILES string of the molecule is COc1ccc(S(=O)(=O)N(C)CCCC(=O)NNC(=O)COc2c(C)cccc2C)cc1. The van der Waals surface area contributed by atoms with Crippen LogP contribution in [0.5, 0.6) is 11.5 Å². The minimum absolute atomic E-state index is 0.0422. The number of carbonyl (C=O) groups is 2. The van der Waals surface area contributed by atoms with E-state index < -0.39 is 21.8 Å². The molecule has 0 aliphatic rings. The molecule has 0 fully saturated rings. The van der Waals surface area contributed by atoms with Crippen molar-refractivity contribution in [3.05, 3.63) is 53.6 Å². The average molecular weight is 464 g/mol. The Labute approximate surface area is 188 Å². The molecule has 2 aromatic rings. The van der Waals surface area contributed by atoms with Crippen molar-refractivity contribution in [3.8, 4) is 11.5 Å². The third-order valence-electron chi connectivity index (χ3n) is 4.74. The van der Waals surface area contributed by atoms with Gasteiger partial charge in [-0.25, -0.2) is 12.7 Å². The Kier molecular flexibility index (Phi) is 9.03. The largest absolute Gasteiger partial charge is 0.497 e. The summed E-state index contributed by atoms with van der Waals surface area (Å²) in [5.41, 5.74) is 6.42. The van der Waals surface area contributed by atoms with E-state index in [0.29, 0.717) is 11.5 Å². The lowest BCUT2D eigenvalue weighted by Crippen LogP contribution is -2.44. The van der Waals surface area contributed by atoms with Crippen molar-refractivity contribution in [1.82, 2.24) is 15.2 Å². The number of hydrogen-bond acceptors (Lipinski definition) is 6. The molecule has 10 heteroatoms. The summed E-state index contributed by atoms with van der Waals surface area (Å²) in [5, 5.41) is 0. The maximum Gasteiger partial charge on any atom is 0.276 e. The summed E-state index contributed by atoms with van der Waals surface area (Å²) in [6.07, 6.45) is 0.326. The number of hydrazine groups is 1. The number of nitrogens with zero attached hydrogens (tertiary/aromatic N) is 1. The first-order valence-corrected chi connectivity index (χ1v) is 11.5. The van der Waals surface area contributed by atoms with E-state index in [9.17, 15) is 18.0 Å². The molecule has 0 saturated carbocycles. The van der Waals surface area contributed by atoms with Crippen LogP contribution in [0, 0.1) is 13.8 Å². The van der Waals surface area contributed by atoms with Gasteiger partial charge in [0.05, 0.1) is 12.0 Å². The predicted octanol–water partition coefficient (Wildman–Crippen LogP) is 1.94. The second-order valence-electron chi connectivity index (χ2n) is 7.21. The number of sulfonamides is 1. The first-order valence-electron chi connectivity index (χ1n) is 10.0. The van der Waals surface area contributed by atoms with Crippen LogP contribution < -0.4 is 20.3 Å². The van der Waals surface area contributed by atoms with Gasteiger partial charge in [0.1, 0.15) is 11.5 Å². The molecule has 2 aromatic carbocycles. The maximum absolute atomic E-state index is 12.6. The highest BCUT2D eigenvalue weighted by molar-refractivity contribution is 7.89. The monoisotopic (exact) mass is 463 g/mol. The summed E-state index contributed by atoms with van der Waals surface area (Å²) < 4.78 is 36.9. The van der Waals surface area contributed by atoms with Crippen LogP contribution in [0.4, 0.5) is 0 Å². The van der Waals surface area contributed by atoms with Gasteiger partial charge in [-0.05, 0) is 55.7 Å². The molecule has 0 heterocycles. The molecule has 2 rings (SSSR count). The normalized spacial score (nSPS) is 11.2. The molecule has 174 valence electrons. The molecule has 32 heavy (non-hydrogen) atoms. The van der Waals surface area contributed by atoms with Gasteiger partial charge in [0.15, 0.2) is 6.61 Å². The molecule has 0 unspecified atom stereocenters. The summed E-state index contributed by atoms with van der Waals surface area (Å²) in [7, 11) is -0.719. The summed E-state index contributed by atoms with van der Waals surface area (Å²) in [6.45, 7) is 3.67. The first kappa shape index (κ1) is 25.2. The van der Waals surface area contributed by atoms with Crippen molar-refractivity contribution < 1.29 is 27.5 Å². The molecule has 0 aliphatic heterocycles. The molecule has 0 atom stereocenters. The average Bonchev–Trinajstić information content (AvgIpc) is 2.77. The topological polar surface area (TPSA) is 114 Å². The van der Waals surface area contributed by atoms with Crippen LogP contribution in [-0.2, 0) is 19.6 Å². The number of methoxy groups -OCH3 is 1. The Morgan fingerprint density at radius 1 is 0.969 bits per heavy atom. The molecular formula is C22H29N3O6S. The number of aryl methyl sites for hydroxylation is 2. The Balaban J connectivity index is 1.72.